The Hall–Kier alpha value is -2.70. The second-order valence-electron chi connectivity index (χ2n) is 5.05. The molecule has 3 heterocycles. The molecule has 0 aliphatic heterocycles. The minimum Gasteiger partial charge on any atom is -0.324 e. The lowest BCUT2D eigenvalue weighted by Gasteiger charge is -2.08. The number of aromatic nitrogens is 3. The second kappa shape index (κ2) is 6.07. The molecule has 0 aliphatic carbocycles. The van der Waals surface area contributed by atoms with Crippen LogP contribution in [-0.4, -0.2) is 15.0 Å². The van der Waals surface area contributed by atoms with Crippen LogP contribution in [0.15, 0.2) is 58.8 Å². The van der Waals surface area contributed by atoms with E-state index in [-0.39, 0.29) is 5.56 Å². The number of benzene rings is 1. The molecule has 0 unspecified atom stereocenters. The van der Waals surface area contributed by atoms with Crippen LogP contribution in [0.1, 0.15) is 0 Å². The molecule has 4 rings (SSSR count). The molecule has 7 heteroatoms. The fraction of sp³-hybridized carbons (Fsp3) is 0. The number of aromatic amines is 1. The molecule has 0 fully saturated rings. The normalized spacial score (nSPS) is 10.9. The third-order valence-electron chi connectivity index (χ3n) is 3.52. The van der Waals surface area contributed by atoms with Gasteiger partial charge in [-0.15, -0.1) is 11.3 Å². The molecule has 3 aromatic heterocycles. The Morgan fingerprint density at radius 3 is 2.79 bits per heavy atom. The van der Waals surface area contributed by atoms with E-state index in [1.54, 1.807) is 23.6 Å². The van der Waals surface area contributed by atoms with E-state index in [0.717, 1.165) is 10.4 Å². The van der Waals surface area contributed by atoms with Crippen molar-refractivity contribution in [1.29, 1.82) is 0 Å². The Bertz CT molecular complexity index is 1080. The lowest BCUT2D eigenvalue weighted by atomic mass is 10.1. The molecule has 0 saturated carbocycles. The van der Waals surface area contributed by atoms with E-state index >= 15 is 0 Å². The van der Waals surface area contributed by atoms with Crippen LogP contribution >= 0.6 is 22.9 Å². The molecule has 1 aromatic carbocycles. The SMILES string of the molecule is O=c1[nH]c(Nc2ccccc2Cl)nc2nccc(-c3cccs3)c12. The van der Waals surface area contributed by atoms with Gasteiger partial charge in [0.2, 0.25) is 5.95 Å². The van der Waals surface area contributed by atoms with Crippen molar-refractivity contribution < 1.29 is 0 Å². The van der Waals surface area contributed by atoms with Crippen molar-refractivity contribution in [3.63, 3.8) is 0 Å². The van der Waals surface area contributed by atoms with Crippen molar-refractivity contribution >= 4 is 45.6 Å². The summed E-state index contributed by atoms with van der Waals surface area (Å²) < 4.78 is 0. The van der Waals surface area contributed by atoms with Crippen LogP contribution in [-0.2, 0) is 0 Å². The highest BCUT2D eigenvalue weighted by atomic mass is 35.5. The molecule has 0 saturated heterocycles. The van der Waals surface area contributed by atoms with Gasteiger partial charge < -0.3 is 5.32 Å². The van der Waals surface area contributed by atoms with Gasteiger partial charge in [-0.05, 0) is 29.6 Å². The summed E-state index contributed by atoms with van der Waals surface area (Å²) in [7, 11) is 0. The van der Waals surface area contributed by atoms with E-state index in [9.17, 15) is 4.79 Å². The zero-order valence-corrected chi connectivity index (χ0v) is 13.9. The average Bonchev–Trinajstić information content (AvgIpc) is 3.11. The monoisotopic (exact) mass is 354 g/mol. The Morgan fingerprint density at radius 2 is 2.00 bits per heavy atom. The number of fused-ring (bicyclic) bond motifs is 1. The number of rotatable bonds is 3. The predicted molar refractivity (Wildman–Crippen MR) is 98.2 cm³/mol. The summed E-state index contributed by atoms with van der Waals surface area (Å²) >= 11 is 7.70. The van der Waals surface area contributed by atoms with Crippen LogP contribution in [0.3, 0.4) is 0 Å². The van der Waals surface area contributed by atoms with Crippen molar-refractivity contribution in [3.05, 3.63) is 69.4 Å². The summed E-state index contributed by atoms with van der Waals surface area (Å²) in [5, 5.41) is 6.01. The van der Waals surface area contributed by atoms with Gasteiger partial charge in [-0.25, -0.2) is 4.98 Å². The second-order valence-corrected chi connectivity index (χ2v) is 6.41. The van der Waals surface area contributed by atoms with Crippen molar-refractivity contribution in [2.45, 2.75) is 0 Å². The molecule has 0 atom stereocenters. The third-order valence-corrected chi connectivity index (χ3v) is 4.75. The first-order chi connectivity index (χ1) is 11.7. The number of para-hydroxylation sites is 1. The van der Waals surface area contributed by atoms with E-state index in [2.05, 4.69) is 20.3 Å². The summed E-state index contributed by atoms with van der Waals surface area (Å²) in [4.78, 5) is 25.0. The standard InChI is InChI=1S/C17H11ClN4OS/c18-11-4-1-2-5-12(11)20-17-21-15-14(16(23)22-17)10(7-8-19-15)13-6-3-9-24-13/h1-9H,(H2,19,20,21,22,23). The minimum atomic E-state index is -0.244. The smallest absolute Gasteiger partial charge is 0.262 e. The third kappa shape index (κ3) is 2.66. The first-order valence-electron chi connectivity index (χ1n) is 7.17. The highest BCUT2D eigenvalue weighted by Crippen LogP contribution is 2.29. The Labute approximate surface area is 146 Å². The first kappa shape index (κ1) is 14.9. The summed E-state index contributed by atoms with van der Waals surface area (Å²) in [6.07, 6.45) is 1.66. The van der Waals surface area contributed by atoms with Crippen LogP contribution in [0.5, 0.6) is 0 Å². The van der Waals surface area contributed by atoms with Gasteiger partial charge in [0.15, 0.2) is 5.65 Å². The number of H-pyrrole nitrogens is 1. The van der Waals surface area contributed by atoms with Crippen LogP contribution in [0.25, 0.3) is 21.5 Å². The number of halogens is 1. The van der Waals surface area contributed by atoms with Gasteiger partial charge >= 0.3 is 0 Å². The lowest BCUT2D eigenvalue weighted by Crippen LogP contribution is -2.13. The van der Waals surface area contributed by atoms with Gasteiger partial charge in [0.05, 0.1) is 16.1 Å². The molecule has 24 heavy (non-hydrogen) atoms. The van der Waals surface area contributed by atoms with E-state index in [0.29, 0.717) is 27.7 Å². The van der Waals surface area contributed by atoms with Crippen molar-refractivity contribution in [2.24, 2.45) is 0 Å². The lowest BCUT2D eigenvalue weighted by molar-refractivity contribution is 1.14. The number of nitrogens with zero attached hydrogens (tertiary/aromatic N) is 2. The molecule has 5 nitrogen and oxygen atoms in total. The number of hydrogen-bond acceptors (Lipinski definition) is 5. The summed E-state index contributed by atoms with van der Waals surface area (Å²) in [6, 6.07) is 13.0. The van der Waals surface area contributed by atoms with E-state index < -0.39 is 0 Å². The van der Waals surface area contributed by atoms with Crippen molar-refractivity contribution in [2.75, 3.05) is 5.32 Å². The number of thiophene rings is 1. The minimum absolute atomic E-state index is 0.244. The molecule has 0 aliphatic rings. The number of hydrogen-bond donors (Lipinski definition) is 2. The highest BCUT2D eigenvalue weighted by Gasteiger charge is 2.12. The molecule has 0 amide bonds. The molecule has 0 bridgehead atoms. The predicted octanol–water partition coefficient (Wildman–Crippen LogP) is 4.44. The van der Waals surface area contributed by atoms with Gasteiger partial charge in [0.25, 0.3) is 5.56 Å². The van der Waals surface area contributed by atoms with Gasteiger partial charge in [-0.1, -0.05) is 29.8 Å². The van der Waals surface area contributed by atoms with Crippen LogP contribution < -0.4 is 10.9 Å². The Kier molecular flexibility index (Phi) is 3.76. The summed E-state index contributed by atoms with van der Waals surface area (Å²) in [6.45, 7) is 0. The molecule has 2 N–H and O–H groups in total. The van der Waals surface area contributed by atoms with Gasteiger partial charge in [0, 0.05) is 16.6 Å². The maximum Gasteiger partial charge on any atom is 0.262 e. The zero-order chi connectivity index (χ0) is 16.5. The quantitative estimate of drug-likeness (QED) is 0.570. The number of pyridine rings is 1. The maximum atomic E-state index is 12.6. The summed E-state index contributed by atoms with van der Waals surface area (Å²) in [5.74, 6) is 0.302. The van der Waals surface area contributed by atoms with E-state index in [1.165, 1.54) is 0 Å². The molecular weight excluding hydrogens is 344 g/mol. The Morgan fingerprint density at radius 1 is 1.12 bits per heavy atom. The maximum absolute atomic E-state index is 12.6. The molecule has 4 aromatic rings. The molecule has 118 valence electrons. The van der Waals surface area contributed by atoms with Crippen molar-refractivity contribution in [3.8, 4) is 10.4 Å². The first-order valence-corrected chi connectivity index (χ1v) is 8.42. The summed E-state index contributed by atoms with van der Waals surface area (Å²) in [5.41, 5.74) is 1.63. The topological polar surface area (TPSA) is 70.7 Å². The van der Waals surface area contributed by atoms with Gasteiger partial charge in [0.1, 0.15) is 0 Å². The largest absolute Gasteiger partial charge is 0.324 e. The number of nitrogens with one attached hydrogen (secondary N) is 2. The van der Waals surface area contributed by atoms with Gasteiger partial charge in [-0.2, -0.15) is 4.98 Å². The van der Waals surface area contributed by atoms with Crippen LogP contribution in [0.4, 0.5) is 11.6 Å². The van der Waals surface area contributed by atoms with Gasteiger partial charge in [-0.3, -0.25) is 9.78 Å². The van der Waals surface area contributed by atoms with E-state index in [4.69, 9.17) is 11.6 Å². The fourth-order valence-electron chi connectivity index (χ4n) is 2.45. The van der Waals surface area contributed by atoms with E-state index in [1.807, 2.05) is 41.8 Å². The van der Waals surface area contributed by atoms with Crippen molar-refractivity contribution in [1.82, 2.24) is 15.0 Å². The zero-order valence-electron chi connectivity index (χ0n) is 12.3. The molecule has 0 radical (unpaired) electrons. The Balaban J connectivity index is 1.84. The van der Waals surface area contributed by atoms with Crippen LogP contribution in [0.2, 0.25) is 5.02 Å². The van der Waals surface area contributed by atoms with Crippen LogP contribution in [0, 0.1) is 0 Å². The highest BCUT2D eigenvalue weighted by molar-refractivity contribution is 7.13. The number of anilines is 2. The molecular formula is C17H11ClN4OS. The average molecular weight is 355 g/mol. The fourth-order valence-corrected chi connectivity index (χ4v) is 3.39. The molecule has 0 spiro atoms.